The smallest absolute Gasteiger partial charge is 0.267 e. The number of carbonyl (C=O) groups excluding carboxylic acids is 1. The number of aromatic nitrogens is 3. The second-order valence-corrected chi connectivity index (χ2v) is 1.38. The van der Waals surface area contributed by atoms with Gasteiger partial charge in [0.05, 0.1) is 0 Å². The maximum atomic E-state index is 10.6. The number of carbonyl (C=O) groups is 1. The van der Waals surface area contributed by atoms with Gasteiger partial charge in [0, 0.05) is 0 Å². The van der Waals surface area contributed by atoms with Crippen LogP contribution in [0.4, 0.5) is 0 Å². The van der Waals surface area contributed by atoms with E-state index in [9.17, 15) is 4.79 Å². The SMILES string of the molecule is C=CC(=O)n1cncn1. The van der Waals surface area contributed by atoms with Gasteiger partial charge >= 0.3 is 0 Å². The van der Waals surface area contributed by atoms with Crippen molar-refractivity contribution in [2.45, 2.75) is 0 Å². The topological polar surface area (TPSA) is 47.8 Å². The van der Waals surface area contributed by atoms with E-state index in [1.807, 2.05) is 0 Å². The Morgan fingerprint density at radius 1 is 1.78 bits per heavy atom. The average molecular weight is 123 g/mol. The van der Waals surface area contributed by atoms with Crippen molar-refractivity contribution in [3.05, 3.63) is 25.3 Å². The van der Waals surface area contributed by atoms with Crippen molar-refractivity contribution in [1.82, 2.24) is 14.8 Å². The van der Waals surface area contributed by atoms with E-state index in [4.69, 9.17) is 0 Å². The minimum Gasteiger partial charge on any atom is -0.267 e. The molecule has 0 amide bonds. The van der Waals surface area contributed by atoms with Gasteiger partial charge in [-0.3, -0.25) is 4.79 Å². The first-order chi connectivity index (χ1) is 4.34. The molecule has 1 aromatic rings. The summed E-state index contributed by atoms with van der Waals surface area (Å²) in [4.78, 5) is 14.2. The van der Waals surface area contributed by atoms with Gasteiger partial charge in [-0.05, 0) is 6.08 Å². The molecular weight excluding hydrogens is 118 g/mol. The van der Waals surface area contributed by atoms with Gasteiger partial charge in [-0.1, -0.05) is 6.58 Å². The Labute approximate surface area is 51.8 Å². The zero-order valence-corrected chi connectivity index (χ0v) is 4.69. The first-order valence-corrected chi connectivity index (χ1v) is 2.36. The minimum atomic E-state index is -0.271. The molecular formula is C5H5N3O. The monoisotopic (exact) mass is 123 g/mol. The first-order valence-electron chi connectivity index (χ1n) is 2.36. The van der Waals surface area contributed by atoms with Crippen molar-refractivity contribution >= 4 is 5.91 Å². The molecule has 0 saturated heterocycles. The predicted octanol–water partition coefficient (Wildman–Crippen LogP) is 0.104. The molecule has 1 rings (SSSR count). The van der Waals surface area contributed by atoms with E-state index in [1.54, 1.807) is 0 Å². The average Bonchev–Trinajstić information content (AvgIpc) is 2.37. The molecule has 0 unspecified atom stereocenters. The van der Waals surface area contributed by atoms with E-state index in [2.05, 4.69) is 16.7 Å². The van der Waals surface area contributed by atoms with Crippen LogP contribution in [0.1, 0.15) is 4.79 Å². The molecule has 0 aliphatic rings. The fraction of sp³-hybridized carbons (Fsp3) is 0. The van der Waals surface area contributed by atoms with E-state index >= 15 is 0 Å². The Kier molecular flexibility index (Phi) is 1.40. The highest BCUT2D eigenvalue weighted by Crippen LogP contribution is 1.79. The summed E-state index contributed by atoms with van der Waals surface area (Å²) in [5.74, 6) is -0.271. The Balaban J connectivity index is 2.89. The van der Waals surface area contributed by atoms with Crippen LogP contribution in [0.25, 0.3) is 0 Å². The molecule has 0 N–H and O–H groups in total. The Bertz CT molecular complexity index is 214. The van der Waals surface area contributed by atoms with Crippen molar-refractivity contribution in [1.29, 1.82) is 0 Å². The molecule has 4 heteroatoms. The van der Waals surface area contributed by atoms with Gasteiger partial charge in [-0.2, -0.15) is 9.78 Å². The summed E-state index contributed by atoms with van der Waals surface area (Å²) >= 11 is 0. The van der Waals surface area contributed by atoms with E-state index in [-0.39, 0.29) is 5.91 Å². The molecule has 0 atom stereocenters. The Morgan fingerprint density at radius 2 is 2.56 bits per heavy atom. The standard InChI is InChI=1S/C5H5N3O/c1-2-5(9)8-4-6-3-7-8/h2-4H,1H2. The van der Waals surface area contributed by atoms with Gasteiger partial charge < -0.3 is 0 Å². The summed E-state index contributed by atoms with van der Waals surface area (Å²) in [5, 5.41) is 3.57. The third-order valence-corrected chi connectivity index (χ3v) is 0.819. The molecule has 1 aromatic heterocycles. The van der Waals surface area contributed by atoms with Crippen molar-refractivity contribution in [2.75, 3.05) is 0 Å². The van der Waals surface area contributed by atoms with Crippen molar-refractivity contribution in [3.8, 4) is 0 Å². The summed E-state index contributed by atoms with van der Waals surface area (Å²) in [6, 6.07) is 0. The largest absolute Gasteiger partial charge is 0.271 e. The fourth-order valence-electron chi connectivity index (χ4n) is 0.416. The number of rotatable bonds is 1. The van der Waals surface area contributed by atoms with Crippen LogP contribution < -0.4 is 0 Å². The molecule has 4 nitrogen and oxygen atoms in total. The van der Waals surface area contributed by atoms with Crippen molar-refractivity contribution < 1.29 is 4.79 Å². The lowest BCUT2D eigenvalue weighted by Crippen LogP contribution is -2.06. The van der Waals surface area contributed by atoms with Crippen molar-refractivity contribution in [2.24, 2.45) is 0 Å². The Morgan fingerprint density at radius 3 is 3.00 bits per heavy atom. The zero-order valence-electron chi connectivity index (χ0n) is 4.69. The zero-order chi connectivity index (χ0) is 6.69. The normalized spacial score (nSPS) is 8.89. The summed E-state index contributed by atoms with van der Waals surface area (Å²) in [5.41, 5.74) is 0. The molecule has 9 heavy (non-hydrogen) atoms. The lowest BCUT2D eigenvalue weighted by molar-refractivity contribution is 0.0954. The van der Waals surface area contributed by atoms with Crippen LogP contribution in [0, 0.1) is 0 Å². The molecule has 0 aliphatic carbocycles. The van der Waals surface area contributed by atoms with Crippen LogP contribution in [0.5, 0.6) is 0 Å². The molecule has 46 valence electrons. The molecule has 0 radical (unpaired) electrons. The van der Waals surface area contributed by atoms with E-state index in [0.29, 0.717) is 0 Å². The van der Waals surface area contributed by atoms with Gasteiger partial charge in [0.25, 0.3) is 5.91 Å². The molecule has 0 saturated carbocycles. The van der Waals surface area contributed by atoms with Gasteiger partial charge in [0.1, 0.15) is 12.7 Å². The maximum Gasteiger partial charge on any atom is 0.271 e. The molecule has 0 aliphatic heterocycles. The summed E-state index contributed by atoms with van der Waals surface area (Å²) in [6.07, 6.45) is 3.79. The van der Waals surface area contributed by atoms with E-state index in [1.165, 1.54) is 18.7 Å². The molecule has 0 fully saturated rings. The maximum absolute atomic E-state index is 10.6. The molecule has 1 heterocycles. The number of hydrogen-bond acceptors (Lipinski definition) is 3. The summed E-state index contributed by atoms with van der Waals surface area (Å²) < 4.78 is 1.10. The van der Waals surface area contributed by atoms with E-state index < -0.39 is 0 Å². The minimum absolute atomic E-state index is 0.271. The fourth-order valence-corrected chi connectivity index (χ4v) is 0.416. The summed E-state index contributed by atoms with van der Waals surface area (Å²) in [7, 11) is 0. The number of hydrogen-bond donors (Lipinski definition) is 0. The second-order valence-electron chi connectivity index (χ2n) is 1.38. The highest BCUT2D eigenvalue weighted by Gasteiger charge is 1.95. The van der Waals surface area contributed by atoms with Gasteiger partial charge in [-0.25, -0.2) is 4.98 Å². The van der Waals surface area contributed by atoms with Crippen LogP contribution in [-0.4, -0.2) is 20.7 Å². The predicted molar refractivity (Wildman–Crippen MR) is 30.8 cm³/mol. The first kappa shape index (κ1) is 5.68. The van der Waals surface area contributed by atoms with Crippen LogP contribution in [0.15, 0.2) is 25.3 Å². The van der Waals surface area contributed by atoms with Crippen LogP contribution in [0.2, 0.25) is 0 Å². The number of nitrogens with zero attached hydrogens (tertiary/aromatic N) is 3. The highest BCUT2D eigenvalue weighted by atomic mass is 16.2. The third kappa shape index (κ3) is 1.02. The lowest BCUT2D eigenvalue weighted by Gasteiger charge is -1.86. The summed E-state index contributed by atoms with van der Waals surface area (Å²) in [6.45, 7) is 3.28. The van der Waals surface area contributed by atoms with Gasteiger partial charge in [-0.15, -0.1) is 0 Å². The van der Waals surface area contributed by atoms with Gasteiger partial charge in [0.2, 0.25) is 0 Å². The quantitative estimate of drug-likeness (QED) is 0.498. The van der Waals surface area contributed by atoms with Crippen LogP contribution in [0.3, 0.4) is 0 Å². The van der Waals surface area contributed by atoms with Crippen molar-refractivity contribution in [3.63, 3.8) is 0 Å². The van der Waals surface area contributed by atoms with Crippen LogP contribution >= 0.6 is 0 Å². The highest BCUT2D eigenvalue weighted by molar-refractivity contribution is 5.88. The van der Waals surface area contributed by atoms with E-state index in [0.717, 1.165) is 4.68 Å². The lowest BCUT2D eigenvalue weighted by atomic mass is 10.6. The molecule has 0 aromatic carbocycles. The molecule has 0 bridgehead atoms. The van der Waals surface area contributed by atoms with Crippen LogP contribution in [-0.2, 0) is 0 Å². The third-order valence-electron chi connectivity index (χ3n) is 0.819. The second kappa shape index (κ2) is 2.21. The Hall–Kier alpha value is -1.45. The number of allylic oxidation sites excluding steroid dienone is 1. The molecule has 0 spiro atoms. The van der Waals surface area contributed by atoms with Gasteiger partial charge in [0.15, 0.2) is 0 Å².